The fraction of sp³-hybridized carbons (Fsp3) is 0. The molecule has 0 fully saturated rings. The van der Waals surface area contributed by atoms with Gasteiger partial charge >= 0.3 is 0 Å². The van der Waals surface area contributed by atoms with Crippen molar-refractivity contribution in [2.24, 2.45) is 0 Å². The quantitative estimate of drug-likeness (QED) is 0.341. The monoisotopic (exact) mass is 368 g/mol. The van der Waals surface area contributed by atoms with Crippen molar-refractivity contribution in [2.75, 3.05) is 0 Å². The van der Waals surface area contributed by atoms with Crippen LogP contribution in [0.4, 0.5) is 4.39 Å². The molecule has 0 atom stereocenters. The van der Waals surface area contributed by atoms with Crippen LogP contribution in [-0.2, 0) is 0 Å². The van der Waals surface area contributed by atoms with Crippen molar-refractivity contribution in [3.8, 4) is 16.9 Å². The third-order valence-electron chi connectivity index (χ3n) is 4.35. The number of hydrogen-bond donors (Lipinski definition) is 0. The van der Waals surface area contributed by atoms with Gasteiger partial charge in [-0.2, -0.15) is 5.10 Å². The lowest BCUT2D eigenvalue weighted by molar-refractivity contribution is 0.104. The van der Waals surface area contributed by atoms with Crippen LogP contribution in [0.2, 0.25) is 0 Å². The van der Waals surface area contributed by atoms with Crippen molar-refractivity contribution >= 4 is 11.9 Å². The maximum absolute atomic E-state index is 13.1. The van der Waals surface area contributed by atoms with E-state index in [0.29, 0.717) is 5.56 Å². The Morgan fingerprint density at radius 3 is 2.18 bits per heavy atom. The van der Waals surface area contributed by atoms with Gasteiger partial charge in [0.05, 0.1) is 11.4 Å². The Balaban J connectivity index is 1.71. The van der Waals surface area contributed by atoms with Crippen LogP contribution < -0.4 is 0 Å². The molecule has 0 unspecified atom stereocenters. The first kappa shape index (κ1) is 17.6. The summed E-state index contributed by atoms with van der Waals surface area (Å²) < 4.78 is 14.9. The highest BCUT2D eigenvalue weighted by atomic mass is 19.1. The average molecular weight is 368 g/mol. The van der Waals surface area contributed by atoms with Gasteiger partial charge in [0.2, 0.25) is 0 Å². The molecule has 3 aromatic carbocycles. The zero-order chi connectivity index (χ0) is 19.3. The van der Waals surface area contributed by atoms with Gasteiger partial charge in [-0.15, -0.1) is 0 Å². The minimum atomic E-state index is -0.365. The predicted molar refractivity (Wildman–Crippen MR) is 109 cm³/mol. The number of rotatable bonds is 5. The van der Waals surface area contributed by atoms with Crippen molar-refractivity contribution in [2.45, 2.75) is 0 Å². The van der Waals surface area contributed by atoms with Crippen molar-refractivity contribution in [1.82, 2.24) is 9.78 Å². The largest absolute Gasteiger partial charge is 0.289 e. The van der Waals surface area contributed by atoms with Crippen LogP contribution in [0, 0.1) is 5.82 Å². The minimum absolute atomic E-state index is 0.188. The number of aromatic nitrogens is 2. The molecule has 0 amide bonds. The molecule has 0 aliphatic carbocycles. The molecule has 3 nitrogen and oxygen atoms in total. The Bertz CT molecular complexity index is 1110. The van der Waals surface area contributed by atoms with Crippen molar-refractivity contribution < 1.29 is 9.18 Å². The van der Waals surface area contributed by atoms with E-state index in [4.69, 9.17) is 5.10 Å². The molecule has 28 heavy (non-hydrogen) atoms. The molecular formula is C24H17FN2O. The van der Waals surface area contributed by atoms with Crippen LogP contribution in [-0.4, -0.2) is 15.6 Å². The van der Waals surface area contributed by atoms with E-state index in [2.05, 4.69) is 0 Å². The maximum atomic E-state index is 13.1. The SMILES string of the molecule is O=C(/C=C/c1cn(-c2ccccc2)nc1-c1ccccc1)c1ccc(F)cc1. The highest BCUT2D eigenvalue weighted by Gasteiger charge is 2.11. The summed E-state index contributed by atoms with van der Waals surface area (Å²) in [6, 6.07) is 25.1. The van der Waals surface area contributed by atoms with Gasteiger partial charge in [-0.1, -0.05) is 48.5 Å². The second-order valence-corrected chi connectivity index (χ2v) is 6.28. The first-order valence-corrected chi connectivity index (χ1v) is 8.89. The second-order valence-electron chi connectivity index (χ2n) is 6.28. The number of para-hydroxylation sites is 1. The van der Waals surface area contributed by atoms with Crippen molar-refractivity contribution in [3.63, 3.8) is 0 Å². The van der Waals surface area contributed by atoms with Crippen LogP contribution in [0.3, 0.4) is 0 Å². The lowest BCUT2D eigenvalue weighted by atomic mass is 10.1. The summed E-state index contributed by atoms with van der Waals surface area (Å²) in [6.07, 6.45) is 5.14. The Morgan fingerprint density at radius 1 is 0.857 bits per heavy atom. The van der Waals surface area contributed by atoms with Gasteiger partial charge in [0.25, 0.3) is 0 Å². The summed E-state index contributed by atoms with van der Waals surface area (Å²) in [5.41, 5.74) is 3.95. The molecule has 0 saturated carbocycles. The van der Waals surface area contributed by atoms with E-state index in [-0.39, 0.29) is 11.6 Å². The maximum Gasteiger partial charge on any atom is 0.185 e. The van der Waals surface area contributed by atoms with Crippen molar-refractivity contribution in [1.29, 1.82) is 0 Å². The lowest BCUT2D eigenvalue weighted by Crippen LogP contribution is -1.93. The molecule has 0 bridgehead atoms. The molecule has 4 aromatic rings. The summed E-state index contributed by atoms with van der Waals surface area (Å²) >= 11 is 0. The average Bonchev–Trinajstić information content (AvgIpc) is 3.18. The summed E-state index contributed by atoms with van der Waals surface area (Å²) in [5.74, 6) is -0.553. The Hall–Kier alpha value is -3.79. The lowest BCUT2D eigenvalue weighted by Gasteiger charge is -2.00. The van der Waals surface area contributed by atoms with Crippen LogP contribution >= 0.6 is 0 Å². The summed E-state index contributed by atoms with van der Waals surface area (Å²) in [7, 11) is 0. The first-order chi connectivity index (χ1) is 13.7. The number of ketones is 1. The molecule has 0 N–H and O–H groups in total. The molecule has 1 aromatic heterocycles. The van der Waals surface area contributed by atoms with Gasteiger partial charge in [0, 0.05) is 22.9 Å². The third-order valence-corrected chi connectivity index (χ3v) is 4.35. The Kier molecular flexibility index (Phi) is 4.93. The number of halogens is 1. The molecule has 0 aliphatic rings. The second kappa shape index (κ2) is 7.84. The summed E-state index contributed by atoms with van der Waals surface area (Å²) in [6.45, 7) is 0. The van der Waals surface area contributed by atoms with Gasteiger partial charge in [-0.05, 0) is 48.6 Å². The van der Waals surface area contributed by atoms with E-state index in [1.165, 1.54) is 30.3 Å². The van der Waals surface area contributed by atoms with Gasteiger partial charge in [-0.3, -0.25) is 4.79 Å². The van der Waals surface area contributed by atoms with Gasteiger partial charge in [0.1, 0.15) is 5.82 Å². The molecule has 4 rings (SSSR count). The van der Waals surface area contributed by atoms with E-state index < -0.39 is 0 Å². The number of hydrogen-bond acceptors (Lipinski definition) is 2. The standard InChI is InChI=1S/C24H17FN2O/c25-21-14-11-18(12-15-21)23(28)16-13-20-17-27(22-9-5-2-6-10-22)26-24(20)19-7-3-1-4-8-19/h1-17H/b16-13+. The molecule has 0 spiro atoms. The number of benzene rings is 3. The Morgan fingerprint density at radius 2 is 1.50 bits per heavy atom. The molecular weight excluding hydrogens is 351 g/mol. The molecule has 4 heteroatoms. The minimum Gasteiger partial charge on any atom is -0.289 e. The van der Waals surface area contributed by atoms with E-state index in [0.717, 1.165) is 22.5 Å². The van der Waals surface area contributed by atoms with Gasteiger partial charge in [-0.25, -0.2) is 9.07 Å². The van der Waals surface area contributed by atoms with E-state index in [1.54, 1.807) is 10.8 Å². The Labute approximate surface area is 162 Å². The highest BCUT2D eigenvalue weighted by Crippen LogP contribution is 2.25. The topological polar surface area (TPSA) is 34.9 Å². The van der Waals surface area contributed by atoms with Crippen LogP contribution in [0.15, 0.2) is 97.2 Å². The number of nitrogens with zero attached hydrogens (tertiary/aromatic N) is 2. The highest BCUT2D eigenvalue weighted by molar-refractivity contribution is 6.07. The fourth-order valence-corrected chi connectivity index (χ4v) is 2.92. The van der Waals surface area contributed by atoms with Crippen LogP contribution in [0.5, 0.6) is 0 Å². The van der Waals surface area contributed by atoms with E-state index in [9.17, 15) is 9.18 Å². The summed E-state index contributed by atoms with van der Waals surface area (Å²) in [5, 5.41) is 4.72. The number of carbonyl (C=O) groups excluding carboxylic acids is 1. The predicted octanol–water partition coefficient (Wildman–Crippen LogP) is 5.57. The van der Waals surface area contributed by atoms with Gasteiger partial charge < -0.3 is 0 Å². The smallest absolute Gasteiger partial charge is 0.185 e. The zero-order valence-corrected chi connectivity index (χ0v) is 15.0. The van der Waals surface area contributed by atoms with Crippen LogP contribution in [0.1, 0.15) is 15.9 Å². The third kappa shape index (κ3) is 3.81. The molecule has 0 radical (unpaired) electrons. The fourth-order valence-electron chi connectivity index (χ4n) is 2.92. The number of allylic oxidation sites excluding steroid dienone is 1. The van der Waals surface area contributed by atoms with E-state index >= 15 is 0 Å². The molecule has 136 valence electrons. The zero-order valence-electron chi connectivity index (χ0n) is 15.0. The normalized spacial score (nSPS) is 11.0. The van der Waals surface area contributed by atoms with Gasteiger partial charge in [0.15, 0.2) is 5.78 Å². The molecule has 1 heterocycles. The molecule has 0 saturated heterocycles. The van der Waals surface area contributed by atoms with Crippen LogP contribution in [0.25, 0.3) is 23.0 Å². The molecule has 0 aliphatic heterocycles. The van der Waals surface area contributed by atoms with Crippen molar-refractivity contribution in [3.05, 3.63) is 114 Å². The number of carbonyl (C=O) groups is 1. The summed E-state index contributed by atoms with van der Waals surface area (Å²) in [4.78, 5) is 12.4. The first-order valence-electron chi connectivity index (χ1n) is 8.89. The van der Waals surface area contributed by atoms with E-state index in [1.807, 2.05) is 66.9 Å².